The Balaban J connectivity index is 2.14. The first-order valence-corrected chi connectivity index (χ1v) is 6.65. The number of anilines is 1. The summed E-state index contributed by atoms with van der Waals surface area (Å²) in [6.45, 7) is 4.19. The maximum atomic E-state index is 10.5. The van der Waals surface area contributed by atoms with Gasteiger partial charge in [0.1, 0.15) is 5.60 Å². The Morgan fingerprint density at radius 3 is 2.42 bits per heavy atom. The molecule has 2 aromatic carbocycles. The molecule has 0 aliphatic rings. The standard InChI is InChI=1S/C16H18ClNO/c1-12-7-6-10-14(17)15(12)18-11-16(2,19)13-8-4-3-5-9-13/h3-10,18-19H,11H2,1-2H3. The molecule has 0 spiro atoms. The lowest BCUT2D eigenvalue weighted by molar-refractivity contribution is 0.0715. The molecule has 0 heterocycles. The van der Waals surface area contributed by atoms with Crippen molar-refractivity contribution >= 4 is 17.3 Å². The Morgan fingerprint density at radius 1 is 1.11 bits per heavy atom. The minimum absolute atomic E-state index is 0.404. The molecule has 0 saturated heterocycles. The molecule has 1 unspecified atom stereocenters. The maximum Gasteiger partial charge on any atom is 0.104 e. The van der Waals surface area contributed by atoms with Crippen molar-refractivity contribution < 1.29 is 5.11 Å². The topological polar surface area (TPSA) is 32.3 Å². The van der Waals surface area contributed by atoms with Crippen LogP contribution >= 0.6 is 11.6 Å². The lowest BCUT2D eigenvalue weighted by Crippen LogP contribution is -2.30. The van der Waals surface area contributed by atoms with Crippen molar-refractivity contribution in [3.8, 4) is 0 Å². The number of rotatable bonds is 4. The van der Waals surface area contributed by atoms with Crippen LogP contribution in [0.4, 0.5) is 5.69 Å². The van der Waals surface area contributed by atoms with Gasteiger partial charge in [-0.25, -0.2) is 0 Å². The molecule has 1 atom stereocenters. The highest BCUT2D eigenvalue weighted by molar-refractivity contribution is 6.33. The van der Waals surface area contributed by atoms with Crippen LogP contribution in [0.5, 0.6) is 0 Å². The molecule has 2 nitrogen and oxygen atoms in total. The monoisotopic (exact) mass is 275 g/mol. The predicted octanol–water partition coefficient (Wildman–Crippen LogP) is 3.97. The van der Waals surface area contributed by atoms with Gasteiger partial charge >= 0.3 is 0 Å². The first-order chi connectivity index (χ1) is 9.00. The summed E-state index contributed by atoms with van der Waals surface area (Å²) < 4.78 is 0. The smallest absolute Gasteiger partial charge is 0.104 e. The molecule has 0 fully saturated rings. The van der Waals surface area contributed by atoms with Gasteiger partial charge in [-0.1, -0.05) is 54.1 Å². The molecule has 0 saturated carbocycles. The SMILES string of the molecule is Cc1cccc(Cl)c1NCC(C)(O)c1ccccc1. The third kappa shape index (κ3) is 3.28. The van der Waals surface area contributed by atoms with E-state index in [1.165, 1.54) is 0 Å². The first kappa shape index (κ1) is 13.9. The van der Waals surface area contributed by atoms with Crippen molar-refractivity contribution in [3.63, 3.8) is 0 Å². The van der Waals surface area contributed by atoms with Crippen molar-refractivity contribution in [2.75, 3.05) is 11.9 Å². The summed E-state index contributed by atoms with van der Waals surface area (Å²) >= 11 is 6.16. The molecule has 0 aliphatic heterocycles. The fourth-order valence-corrected chi connectivity index (χ4v) is 2.30. The summed E-state index contributed by atoms with van der Waals surface area (Å²) in [5.41, 5.74) is 1.89. The van der Waals surface area contributed by atoms with E-state index in [-0.39, 0.29) is 0 Å². The summed E-state index contributed by atoms with van der Waals surface area (Å²) in [6.07, 6.45) is 0. The van der Waals surface area contributed by atoms with E-state index in [0.717, 1.165) is 16.8 Å². The molecule has 100 valence electrons. The number of halogens is 1. The molecule has 2 aromatic rings. The van der Waals surface area contributed by atoms with Crippen LogP contribution < -0.4 is 5.32 Å². The van der Waals surface area contributed by atoms with Crippen molar-refractivity contribution in [2.24, 2.45) is 0 Å². The largest absolute Gasteiger partial charge is 0.384 e. The van der Waals surface area contributed by atoms with Crippen LogP contribution in [0.25, 0.3) is 0 Å². The average molecular weight is 276 g/mol. The van der Waals surface area contributed by atoms with Gasteiger partial charge in [0.2, 0.25) is 0 Å². The molecule has 0 radical (unpaired) electrons. The number of aryl methyl sites for hydroxylation is 1. The quantitative estimate of drug-likeness (QED) is 0.885. The zero-order chi connectivity index (χ0) is 13.9. The summed E-state index contributed by atoms with van der Waals surface area (Å²) in [5, 5.41) is 14.4. The van der Waals surface area contributed by atoms with Gasteiger partial charge in [0.25, 0.3) is 0 Å². The molecule has 19 heavy (non-hydrogen) atoms. The second-order valence-corrected chi connectivity index (χ2v) is 5.33. The second kappa shape index (κ2) is 5.64. The summed E-state index contributed by atoms with van der Waals surface area (Å²) in [7, 11) is 0. The van der Waals surface area contributed by atoms with E-state index in [1.807, 2.05) is 55.5 Å². The van der Waals surface area contributed by atoms with Crippen molar-refractivity contribution in [1.29, 1.82) is 0 Å². The molecule has 2 N–H and O–H groups in total. The van der Waals surface area contributed by atoms with Crippen LogP contribution in [0.1, 0.15) is 18.1 Å². The van der Waals surface area contributed by atoms with Crippen molar-refractivity contribution in [2.45, 2.75) is 19.4 Å². The third-order valence-corrected chi connectivity index (χ3v) is 3.54. The Labute approximate surface area is 119 Å². The number of para-hydroxylation sites is 1. The van der Waals surface area contributed by atoms with Gasteiger partial charge in [0, 0.05) is 6.54 Å². The highest BCUT2D eigenvalue weighted by Gasteiger charge is 2.22. The summed E-state index contributed by atoms with van der Waals surface area (Å²) in [4.78, 5) is 0. The van der Waals surface area contributed by atoms with Crippen LogP contribution in [-0.4, -0.2) is 11.7 Å². The lowest BCUT2D eigenvalue weighted by Gasteiger charge is -2.25. The average Bonchev–Trinajstić information content (AvgIpc) is 2.39. The molecule has 0 aliphatic carbocycles. The number of hydrogen-bond acceptors (Lipinski definition) is 2. The summed E-state index contributed by atoms with van der Waals surface area (Å²) in [6, 6.07) is 15.4. The van der Waals surface area contributed by atoms with Crippen LogP contribution in [0.2, 0.25) is 5.02 Å². The van der Waals surface area contributed by atoms with Crippen molar-refractivity contribution in [1.82, 2.24) is 0 Å². The highest BCUT2D eigenvalue weighted by atomic mass is 35.5. The Bertz CT molecular complexity index is 532. The number of benzene rings is 2. The number of aliphatic hydroxyl groups is 1. The van der Waals surface area contributed by atoms with Crippen LogP contribution in [-0.2, 0) is 5.60 Å². The van der Waals surface area contributed by atoms with Gasteiger partial charge in [-0.3, -0.25) is 0 Å². The molecule has 3 heteroatoms. The third-order valence-electron chi connectivity index (χ3n) is 3.23. The Hall–Kier alpha value is -1.51. The molecule has 0 aromatic heterocycles. The van der Waals surface area contributed by atoms with E-state index in [0.29, 0.717) is 11.6 Å². The lowest BCUT2D eigenvalue weighted by atomic mass is 9.96. The van der Waals surface area contributed by atoms with Crippen LogP contribution in [0.3, 0.4) is 0 Å². The Morgan fingerprint density at radius 2 is 1.79 bits per heavy atom. The fourth-order valence-electron chi connectivity index (χ4n) is 2.02. The molecular formula is C16H18ClNO. The molecular weight excluding hydrogens is 258 g/mol. The first-order valence-electron chi connectivity index (χ1n) is 6.27. The predicted molar refractivity (Wildman–Crippen MR) is 80.7 cm³/mol. The van der Waals surface area contributed by atoms with Gasteiger partial charge < -0.3 is 10.4 Å². The molecule has 2 rings (SSSR count). The van der Waals surface area contributed by atoms with Crippen LogP contribution in [0, 0.1) is 6.92 Å². The zero-order valence-corrected chi connectivity index (χ0v) is 11.9. The van der Waals surface area contributed by atoms with E-state index < -0.39 is 5.60 Å². The van der Waals surface area contributed by atoms with E-state index >= 15 is 0 Å². The molecule has 0 bridgehead atoms. The van der Waals surface area contributed by atoms with Gasteiger partial charge in [0.15, 0.2) is 0 Å². The Kier molecular flexibility index (Phi) is 4.13. The van der Waals surface area contributed by atoms with Gasteiger partial charge in [-0.15, -0.1) is 0 Å². The highest BCUT2D eigenvalue weighted by Crippen LogP contribution is 2.27. The molecule has 0 amide bonds. The summed E-state index contributed by atoms with van der Waals surface area (Å²) in [5.74, 6) is 0. The normalized spacial score (nSPS) is 13.9. The number of nitrogens with one attached hydrogen (secondary N) is 1. The van der Waals surface area contributed by atoms with Crippen LogP contribution in [0.15, 0.2) is 48.5 Å². The number of hydrogen-bond donors (Lipinski definition) is 2. The zero-order valence-electron chi connectivity index (χ0n) is 11.2. The maximum absolute atomic E-state index is 10.5. The van der Waals surface area contributed by atoms with E-state index in [1.54, 1.807) is 6.92 Å². The second-order valence-electron chi connectivity index (χ2n) is 4.93. The van der Waals surface area contributed by atoms with Gasteiger partial charge in [0.05, 0.1) is 10.7 Å². The van der Waals surface area contributed by atoms with E-state index in [9.17, 15) is 5.11 Å². The van der Waals surface area contributed by atoms with E-state index in [4.69, 9.17) is 11.6 Å². The van der Waals surface area contributed by atoms with Gasteiger partial charge in [-0.05, 0) is 31.0 Å². The van der Waals surface area contributed by atoms with Gasteiger partial charge in [-0.2, -0.15) is 0 Å². The minimum Gasteiger partial charge on any atom is -0.384 e. The van der Waals surface area contributed by atoms with Crippen molar-refractivity contribution in [3.05, 3.63) is 64.7 Å². The minimum atomic E-state index is -0.938. The fraction of sp³-hybridized carbons (Fsp3) is 0.250. The van der Waals surface area contributed by atoms with E-state index in [2.05, 4.69) is 5.32 Å².